The number of allylic oxidation sites excluding steroid dienone is 5. The van der Waals surface area contributed by atoms with Crippen molar-refractivity contribution in [3.05, 3.63) is 35.1 Å². The van der Waals surface area contributed by atoms with Gasteiger partial charge in [-0.3, -0.25) is 14.4 Å². The van der Waals surface area contributed by atoms with Gasteiger partial charge in [0, 0.05) is 29.0 Å². The Hall–Kier alpha value is -1.97. The fourth-order valence-corrected chi connectivity index (χ4v) is 9.36. The van der Waals surface area contributed by atoms with Crippen molar-refractivity contribution in [2.75, 3.05) is 0 Å². The zero-order chi connectivity index (χ0) is 26.0. The summed E-state index contributed by atoms with van der Waals surface area (Å²) in [6, 6.07) is 0. The molecule has 4 aliphatic rings. The summed E-state index contributed by atoms with van der Waals surface area (Å²) in [6.45, 7) is 17.7. The SMILES string of the molecule is CC(C)=CC(=O)CC(C)C1CCC2(C)C3=CCC4C(C)(C)C(=O)C(=CNC=O)C4(C)C3CCC12C. The van der Waals surface area contributed by atoms with Crippen LogP contribution in [0.2, 0.25) is 0 Å². The van der Waals surface area contributed by atoms with Crippen molar-refractivity contribution in [2.45, 2.75) is 93.9 Å². The topological polar surface area (TPSA) is 63.2 Å². The fraction of sp³-hybridized carbons (Fsp3) is 0.710. The summed E-state index contributed by atoms with van der Waals surface area (Å²) in [7, 11) is 0. The summed E-state index contributed by atoms with van der Waals surface area (Å²) in [4.78, 5) is 37.4. The van der Waals surface area contributed by atoms with Gasteiger partial charge in [-0.2, -0.15) is 0 Å². The van der Waals surface area contributed by atoms with Crippen LogP contribution < -0.4 is 5.32 Å². The number of rotatable bonds is 6. The second-order valence-corrected chi connectivity index (χ2v) is 13.5. The zero-order valence-corrected chi connectivity index (χ0v) is 23.1. The predicted octanol–water partition coefficient (Wildman–Crippen LogP) is 6.57. The van der Waals surface area contributed by atoms with Crippen LogP contribution in [-0.2, 0) is 14.4 Å². The van der Waals surface area contributed by atoms with Crippen molar-refractivity contribution >= 4 is 18.0 Å². The maximum Gasteiger partial charge on any atom is 0.211 e. The first-order valence-corrected chi connectivity index (χ1v) is 13.6. The highest BCUT2D eigenvalue weighted by Crippen LogP contribution is 2.74. The van der Waals surface area contributed by atoms with Crippen LogP contribution in [0.4, 0.5) is 0 Å². The van der Waals surface area contributed by atoms with Crippen molar-refractivity contribution in [2.24, 2.45) is 45.3 Å². The van der Waals surface area contributed by atoms with Crippen molar-refractivity contribution in [3.63, 3.8) is 0 Å². The van der Waals surface area contributed by atoms with Gasteiger partial charge in [0.2, 0.25) is 6.41 Å². The average Bonchev–Trinajstić information content (AvgIpc) is 3.12. The summed E-state index contributed by atoms with van der Waals surface area (Å²) in [5, 5.41) is 2.71. The van der Waals surface area contributed by atoms with Crippen molar-refractivity contribution < 1.29 is 14.4 Å². The third-order valence-corrected chi connectivity index (χ3v) is 11.3. The second kappa shape index (κ2) is 8.56. The largest absolute Gasteiger partial charge is 0.335 e. The highest BCUT2D eigenvalue weighted by atomic mass is 16.1. The van der Waals surface area contributed by atoms with Crippen molar-refractivity contribution in [1.29, 1.82) is 0 Å². The van der Waals surface area contributed by atoms with E-state index in [1.165, 1.54) is 5.57 Å². The van der Waals surface area contributed by atoms with Crippen LogP contribution in [0.1, 0.15) is 93.9 Å². The van der Waals surface area contributed by atoms with E-state index in [0.29, 0.717) is 30.6 Å². The molecule has 3 fully saturated rings. The van der Waals surface area contributed by atoms with E-state index in [1.54, 1.807) is 12.3 Å². The van der Waals surface area contributed by atoms with Gasteiger partial charge in [-0.05, 0) is 86.5 Å². The lowest BCUT2D eigenvalue weighted by Gasteiger charge is -2.59. The minimum atomic E-state index is -0.438. The Morgan fingerprint density at radius 3 is 2.46 bits per heavy atom. The van der Waals surface area contributed by atoms with Crippen LogP contribution in [0.3, 0.4) is 0 Å². The number of ketones is 2. The summed E-state index contributed by atoms with van der Waals surface area (Å²) < 4.78 is 0. The molecule has 0 bridgehead atoms. The number of nitrogens with one attached hydrogen (secondary N) is 1. The Kier molecular flexibility index (Phi) is 6.38. The zero-order valence-electron chi connectivity index (χ0n) is 23.1. The fourth-order valence-electron chi connectivity index (χ4n) is 9.36. The summed E-state index contributed by atoms with van der Waals surface area (Å²) in [5.74, 6) is 1.85. The Balaban J connectivity index is 1.70. The Labute approximate surface area is 212 Å². The first kappa shape index (κ1) is 26.1. The molecule has 0 aromatic rings. The molecule has 4 rings (SSSR count). The number of hydrogen-bond acceptors (Lipinski definition) is 3. The molecule has 1 amide bonds. The predicted molar refractivity (Wildman–Crippen MR) is 140 cm³/mol. The molecular weight excluding hydrogens is 434 g/mol. The maximum atomic E-state index is 13.6. The van der Waals surface area contributed by atoms with Crippen LogP contribution in [0, 0.1) is 45.3 Å². The number of carbonyl (C=O) groups is 3. The minimum Gasteiger partial charge on any atom is -0.335 e. The molecule has 7 unspecified atom stereocenters. The third-order valence-electron chi connectivity index (χ3n) is 11.3. The van der Waals surface area contributed by atoms with E-state index in [9.17, 15) is 14.4 Å². The molecule has 0 radical (unpaired) electrons. The molecule has 0 aliphatic heterocycles. The van der Waals surface area contributed by atoms with Gasteiger partial charge in [-0.25, -0.2) is 0 Å². The standard InChI is InChI=1S/C31H45NO3/c1-19(2)15-21(34)16-20(3)22-11-13-30(7)23-9-10-26-28(4,5)27(35)25(17-32-18-33)31(26,8)24(23)12-14-29(22,30)6/h9,15,17-18,20,22,24,26H,10-14,16H2,1-8H3,(H,32,33). The molecule has 35 heavy (non-hydrogen) atoms. The molecule has 3 saturated carbocycles. The van der Waals surface area contributed by atoms with Gasteiger partial charge in [0.25, 0.3) is 0 Å². The lowest BCUT2D eigenvalue weighted by molar-refractivity contribution is -0.123. The highest BCUT2D eigenvalue weighted by molar-refractivity contribution is 6.04. The summed E-state index contributed by atoms with van der Waals surface area (Å²) >= 11 is 0. The van der Waals surface area contributed by atoms with Gasteiger partial charge in [-0.1, -0.05) is 58.8 Å². The van der Waals surface area contributed by atoms with Crippen LogP contribution in [0.5, 0.6) is 0 Å². The van der Waals surface area contributed by atoms with Crippen molar-refractivity contribution in [3.8, 4) is 0 Å². The number of Topliss-reactive ketones (excluding diaryl/α,β-unsaturated/α-hetero) is 1. The first-order valence-electron chi connectivity index (χ1n) is 13.6. The first-order chi connectivity index (χ1) is 16.2. The monoisotopic (exact) mass is 479 g/mol. The molecule has 4 aliphatic carbocycles. The van der Waals surface area contributed by atoms with E-state index < -0.39 is 5.41 Å². The van der Waals surface area contributed by atoms with E-state index in [4.69, 9.17) is 0 Å². The quantitative estimate of drug-likeness (QED) is 0.266. The lowest BCUT2D eigenvalue weighted by Crippen LogP contribution is -2.52. The summed E-state index contributed by atoms with van der Waals surface area (Å²) in [6.07, 6.45) is 12.7. The van der Waals surface area contributed by atoms with Gasteiger partial charge in [-0.15, -0.1) is 0 Å². The normalized spacial score (nSPS) is 41.4. The van der Waals surface area contributed by atoms with Gasteiger partial charge < -0.3 is 5.32 Å². The second-order valence-electron chi connectivity index (χ2n) is 13.5. The molecular formula is C31H45NO3. The molecule has 0 heterocycles. The number of carbonyl (C=O) groups excluding carboxylic acids is 3. The number of hydrogen-bond donors (Lipinski definition) is 1. The Morgan fingerprint density at radius 2 is 1.83 bits per heavy atom. The lowest BCUT2D eigenvalue weighted by atomic mass is 9.44. The van der Waals surface area contributed by atoms with Crippen LogP contribution in [0.15, 0.2) is 35.1 Å². The highest BCUT2D eigenvalue weighted by Gasteiger charge is 2.68. The van der Waals surface area contributed by atoms with Crippen molar-refractivity contribution in [1.82, 2.24) is 5.32 Å². The van der Waals surface area contributed by atoms with E-state index in [-0.39, 0.29) is 33.7 Å². The molecule has 7 atom stereocenters. The molecule has 4 heteroatoms. The smallest absolute Gasteiger partial charge is 0.211 e. The molecule has 4 nitrogen and oxygen atoms in total. The third kappa shape index (κ3) is 3.56. The van der Waals surface area contributed by atoms with Crippen LogP contribution in [0.25, 0.3) is 0 Å². The van der Waals surface area contributed by atoms with Crippen LogP contribution >= 0.6 is 0 Å². The number of fused-ring (bicyclic) bond motifs is 5. The van der Waals surface area contributed by atoms with E-state index in [0.717, 1.165) is 43.3 Å². The molecule has 0 spiro atoms. The Morgan fingerprint density at radius 1 is 1.14 bits per heavy atom. The maximum absolute atomic E-state index is 13.6. The Bertz CT molecular complexity index is 1030. The molecule has 0 saturated heterocycles. The molecule has 192 valence electrons. The van der Waals surface area contributed by atoms with Gasteiger partial charge in [0.1, 0.15) is 0 Å². The molecule has 0 aromatic heterocycles. The minimum absolute atomic E-state index is 0.0708. The molecule has 0 aromatic carbocycles. The average molecular weight is 480 g/mol. The van der Waals surface area contributed by atoms with E-state index in [2.05, 4.69) is 52.9 Å². The van der Waals surface area contributed by atoms with Gasteiger partial charge in [0.05, 0.1) is 0 Å². The van der Waals surface area contributed by atoms with E-state index >= 15 is 0 Å². The summed E-state index contributed by atoms with van der Waals surface area (Å²) in [5.41, 5.74) is 2.92. The van der Waals surface area contributed by atoms with E-state index in [1.807, 2.05) is 13.8 Å². The van der Waals surface area contributed by atoms with Gasteiger partial charge >= 0.3 is 0 Å². The van der Waals surface area contributed by atoms with Crippen LogP contribution in [-0.4, -0.2) is 18.0 Å². The molecule has 1 N–H and O–H groups in total. The van der Waals surface area contributed by atoms with Gasteiger partial charge in [0.15, 0.2) is 11.6 Å². The number of amides is 1.